The van der Waals surface area contributed by atoms with Gasteiger partial charge in [0.2, 0.25) is 5.13 Å². The number of thioether (sulfide) groups is 1. The molecule has 1 aliphatic heterocycles. The molecule has 3 aromatic carbocycles. The molecule has 10 heteroatoms. The average molecular weight is 593 g/mol. The monoisotopic (exact) mass is 592 g/mol. The number of hydrogen-bond acceptors (Lipinski definition) is 9. The van der Waals surface area contributed by atoms with E-state index in [9.17, 15) is 14.7 Å². The maximum atomic E-state index is 13.5. The van der Waals surface area contributed by atoms with E-state index in [2.05, 4.69) is 15.2 Å². The predicted octanol–water partition coefficient (Wildman–Crippen LogP) is 6.43. The molecule has 1 fully saturated rings. The molecule has 0 spiro atoms. The van der Waals surface area contributed by atoms with Gasteiger partial charge in [-0.3, -0.25) is 19.5 Å². The Hall–Kier alpha value is -4.80. The van der Waals surface area contributed by atoms with Gasteiger partial charge in [-0.05, 0) is 41.0 Å². The van der Waals surface area contributed by atoms with Crippen molar-refractivity contribution in [2.24, 2.45) is 0 Å². The van der Waals surface area contributed by atoms with Crippen molar-refractivity contribution in [3.05, 3.63) is 137 Å². The van der Waals surface area contributed by atoms with Crippen molar-refractivity contribution in [2.45, 2.75) is 22.7 Å². The van der Waals surface area contributed by atoms with Crippen LogP contribution in [0, 0.1) is 0 Å². The smallest absolute Gasteiger partial charge is 0.301 e. The Bertz CT molecular complexity index is 1740. The molecule has 3 heterocycles. The van der Waals surface area contributed by atoms with E-state index < -0.39 is 17.7 Å². The number of rotatable bonds is 9. The molecule has 1 aliphatic rings. The molecule has 1 saturated heterocycles. The maximum Gasteiger partial charge on any atom is 0.301 e. The Morgan fingerprint density at radius 2 is 1.60 bits per heavy atom. The molecule has 8 nitrogen and oxygen atoms in total. The van der Waals surface area contributed by atoms with Gasteiger partial charge in [0.1, 0.15) is 18.1 Å². The van der Waals surface area contributed by atoms with Crippen LogP contribution in [0.4, 0.5) is 5.13 Å². The molecule has 0 bridgehead atoms. The second-order valence-electron chi connectivity index (χ2n) is 9.38. The lowest BCUT2D eigenvalue weighted by molar-refractivity contribution is -0.132. The van der Waals surface area contributed by atoms with Crippen LogP contribution in [0.2, 0.25) is 0 Å². The summed E-state index contributed by atoms with van der Waals surface area (Å²) in [5.41, 5.74) is 3.05. The molecule has 0 saturated carbocycles. The number of aliphatic hydroxyl groups is 1. The molecule has 1 unspecified atom stereocenters. The summed E-state index contributed by atoms with van der Waals surface area (Å²) < 4.78 is 6.70. The Kier molecular flexibility index (Phi) is 8.07. The molecule has 1 atom stereocenters. The summed E-state index contributed by atoms with van der Waals surface area (Å²) in [7, 11) is 0. The normalized spacial score (nSPS) is 16.1. The van der Waals surface area contributed by atoms with Crippen LogP contribution in [0.3, 0.4) is 0 Å². The highest BCUT2D eigenvalue weighted by Gasteiger charge is 2.48. The second-order valence-corrected chi connectivity index (χ2v) is 11.6. The lowest BCUT2D eigenvalue weighted by Gasteiger charge is -2.23. The highest BCUT2D eigenvalue weighted by atomic mass is 32.2. The number of anilines is 1. The predicted molar refractivity (Wildman–Crippen MR) is 162 cm³/mol. The average Bonchev–Trinajstić information content (AvgIpc) is 3.62. The largest absolute Gasteiger partial charge is 0.507 e. The minimum absolute atomic E-state index is 0.0416. The van der Waals surface area contributed by atoms with Gasteiger partial charge in [0.25, 0.3) is 5.78 Å². The Labute approximate surface area is 250 Å². The van der Waals surface area contributed by atoms with Gasteiger partial charge in [0, 0.05) is 23.7 Å². The number of carbonyl (C=O) groups excluding carboxylic acids is 2. The highest BCUT2D eigenvalue weighted by molar-refractivity contribution is 8.00. The lowest BCUT2D eigenvalue weighted by Crippen LogP contribution is -2.29. The number of benzene rings is 3. The van der Waals surface area contributed by atoms with E-state index in [-0.39, 0.29) is 16.5 Å². The summed E-state index contributed by atoms with van der Waals surface area (Å²) >= 11 is 2.72. The van der Waals surface area contributed by atoms with E-state index in [1.807, 2.05) is 66.7 Å². The van der Waals surface area contributed by atoms with Crippen LogP contribution in [0.1, 0.15) is 28.3 Å². The number of nitrogens with zero attached hydrogens (tertiary/aromatic N) is 4. The van der Waals surface area contributed by atoms with Gasteiger partial charge in [0.05, 0.1) is 11.6 Å². The first-order valence-electron chi connectivity index (χ1n) is 13.1. The zero-order valence-electron chi connectivity index (χ0n) is 22.2. The topological polar surface area (TPSA) is 106 Å². The number of ketones is 1. The Balaban J connectivity index is 1.36. The van der Waals surface area contributed by atoms with Crippen molar-refractivity contribution in [3.8, 4) is 5.75 Å². The van der Waals surface area contributed by atoms with Gasteiger partial charge in [-0.25, -0.2) is 0 Å². The fraction of sp³-hybridized carbons (Fsp3) is 0.0938. The third kappa shape index (κ3) is 5.81. The number of hydrogen-bond donors (Lipinski definition) is 1. The van der Waals surface area contributed by atoms with Crippen molar-refractivity contribution in [1.29, 1.82) is 0 Å². The Morgan fingerprint density at radius 1 is 0.881 bits per heavy atom. The summed E-state index contributed by atoms with van der Waals surface area (Å²) in [5.74, 6) is -0.648. The number of ether oxygens (including phenoxy) is 1. The van der Waals surface area contributed by atoms with E-state index in [0.717, 1.165) is 11.1 Å². The molecular formula is C32H24N4O4S2. The quantitative estimate of drug-likeness (QED) is 0.0686. The second kappa shape index (κ2) is 12.4. The van der Waals surface area contributed by atoms with Crippen LogP contribution in [0.15, 0.2) is 119 Å². The zero-order valence-corrected chi connectivity index (χ0v) is 23.8. The third-order valence-electron chi connectivity index (χ3n) is 6.63. The number of Topliss-reactive ketones (excluding diaryl/α,β-unsaturated/α-hetero) is 1. The molecule has 1 amide bonds. The summed E-state index contributed by atoms with van der Waals surface area (Å²) in [6.45, 7) is 0.347. The first-order valence-corrected chi connectivity index (χ1v) is 14.9. The number of carbonyl (C=O) groups is 2. The van der Waals surface area contributed by atoms with E-state index in [4.69, 9.17) is 4.74 Å². The SMILES string of the molecule is O=C1C(=O)N(c2nnc(SCc3ccccc3)s2)C(c2cccc(OCc3ccccc3)c2)/C1=C(\O)c1ccncc1. The van der Waals surface area contributed by atoms with E-state index in [1.165, 1.54) is 40.4 Å². The van der Waals surface area contributed by atoms with Gasteiger partial charge in [-0.1, -0.05) is 95.9 Å². The van der Waals surface area contributed by atoms with Crippen molar-refractivity contribution >= 4 is 45.7 Å². The van der Waals surface area contributed by atoms with Crippen LogP contribution in [0.5, 0.6) is 5.75 Å². The third-order valence-corrected chi connectivity index (χ3v) is 8.75. The number of pyridine rings is 1. The number of aromatic nitrogens is 3. The summed E-state index contributed by atoms with van der Waals surface area (Å²) in [6, 6.07) is 29.1. The fourth-order valence-electron chi connectivity index (χ4n) is 4.60. The van der Waals surface area contributed by atoms with Crippen LogP contribution in [0.25, 0.3) is 5.76 Å². The van der Waals surface area contributed by atoms with Gasteiger partial charge in [0.15, 0.2) is 4.34 Å². The minimum Gasteiger partial charge on any atom is -0.507 e. The molecule has 1 N–H and O–H groups in total. The Morgan fingerprint density at radius 3 is 2.33 bits per heavy atom. The highest BCUT2D eigenvalue weighted by Crippen LogP contribution is 2.44. The van der Waals surface area contributed by atoms with Crippen LogP contribution in [-0.4, -0.2) is 32.0 Å². The first-order chi connectivity index (χ1) is 20.6. The van der Waals surface area contributed by atoms with Crippen molar-refractivity contribution in [2.75, 3.05) is 4.90 Å². The van der Waals surface area contributed by atoms with Crippen molar-refractivity contribution in [3.63, 3.8) is 0 Å². The lowest BCUT2D eigenvalue weighted by atomic mass is 9.95. The molecule has 6 rings (SSSR count). The number of amides is 1. The molecule has 0 aliphatic carbocycles. The van der Waals surface area contributed by atoms with Gasteiger partial charge in [-0.2, -0.15) is 0 Å². The summed E-state index contributed by atoms with van der Waals surface area (Å²) in [6.07, 6.45) is 3.03. The standard InChI is InChI=1S/C32H24N4O4S2/c37-28(23-14-16-33-17-15-23)26-27(24-12-7-13-25(18-24)40-19-21-8-3-1-4-9-21)36(30(39)29(26)38)31-34-35-32(42-31)41-20-22-10-5-2-6-11-22/h1-18,27,37H,19-20H2/b28-26+. The molecule has 5 aromatic rings. The molecule has 0 radical (unpaired) electrons. The fourth-order valence-corrected chi connectivity index (χ4v) is 6.43. The van der Waals surface area contributed by atoms with Gasteiger partial charge in [-0.15, -0.1) is 10.2 Å². The van der Waals surface area contributed by atoms with E-state index in [1.54, 1.807) is 30.3 Å². The van der Waals surface area contributed by atoms with E-state index >= 15 is 0 Å². The van der Waals surface area contributed by atoms with Crippen LogP contribution in [-0.2, 0) is 21.9 Å². The van der Waals surface area contributed by atoms with Crippen molar-refractivity contribution in [1.82, 2.24) is 15.2 Å². The molecular weight excluding hydrogens is 569 g/mol. The first kappa shape index (κ1) is 27.4. The number of aliphatic hydroxyl groups excluding tert-OH is 1. The van der Waals surface area contributed by atoms with E-state index in [0.29, 0.717) is 33.6 Å². The maximum absolute atomic E-state index is 13.5. The molecule has 42 heavy (non-hydrogen) atoms. The van der Waals surface area contributed by atoms with Crippen molar-refractivity contribution < 1.29 is 19.4 Å². The van der Waals surface area contributed by atoms with Crippen LogP contribution < -0.4 is 9.64 Å². The van der Waals surface area contributed by atoms with Gasteiger partial charge >= 0.3 is 5.91 Å². The van der Waals surface area contributed by atoms with Crippen LogP contribution >= 0.6 is 23.1 Å². The molecule has 2 aromatic heterocycles. The van der Waals surface area contributed by atoms with Gasteiger partial charge < -0.3 is 9.84 Å². The summed E-state index contributed by atoms with van der Waals surface area (Å²) in [4.78, 5) is 32.3. The summed E-state index contributed by atoms with van der Waals surface area (Å²) in [5, 5.41) is 20.2. The molecule has 208 valence electrons. The zero-order chi connectivity index (χ0) is 28.9. The minimum atomic E-state index is -0.946.